The average molecular weight is 741 g/mol. The summed E-state index contributed by atoms with van der Waals surface area (Å²) in [6.07, 6.45) is -3.24. The molecule has 19 atom stereocenters. The van der Waals surface area contributed by atoms with Gasteiger partial charge in [-0.2, -0.15) is 0 Å². The number of allylic oxidation sites excluding steroid dienone is 2. The summed E-state index contributed by atoms with van der Waals surface area (Å²) in [5, 5.41) is 83.9. The zero-order chi connectivity index (χ0) is 37.7. The van der Waals surface area contributed by atoms with Crippen molar-refractivity contribution >= 4 is 6.29 Å². The van der Waals surface area contributed by atoms with Crippen molar-refractivity contribution in [2.75, 3.05) is 13.2 Å². The first-order valence-electron chi connectivity index (χ1n) is 19.7. The van der Waals surface area contributed by atoms with Crippen molar-refractivity contribution < 1.29 is 64.6 Å². The summed E-state index contributed by atoms with van der Waals surface area (Å²) < 4.78 is 23.8. The van der Waals surface area contributed by atoms with Crippen LogP contribution in [0.25, 0.3) is 0 Å². The van der Waals surface area contributed by atoms with Crippen molar-refractivity contribution in [2.45, 2.75) is 172 Å². The molecular weight excluding hydrogens is 676 g/mol. The van der Waals surface area contributed by atoms with Gasteiger partial charge in [-0.3, -0.25) is 0 Å². The second-order valence-corrected chi connectivity index (χ2v) is 17.7. The molecule has 6 rings (SSSR count). The van der Waals surface area contributed by atoms with E-state index in [-0.39, 0.29) is 34.7 Å². The topological polar surface area (TPSA) is 216 Å². The number of hydrogen-bond donors (Lipinski definition) is 8. The molecule has 13 nitrogen and oxygen atoms in total. The third-order valence-electron chi connectivity index (χ3n) is 15.1. The molecule has 52 heavy (non-hydrogen) atoms. The first-order valence-corrected chi connectivity index (χ1v) is 19.7. The molecule has 2 aliphatic heterocycles. The highest BCUT2D eigenvalue weighted by Gasteiger charge is 2.68. The summed E-state index contributed by atoms with van der Waals surface area (Å²) in [5.41, 5.74) is 0.712. The van der Waals surface area contributed by atoms with E-state index in [2.05, 4.69) is 33.8 Å². The molecule has 0 radical (unpaired) electrons. The molecule has 6 fully saturated rings. The van der Waals surface area contributed by atoms with Crippen molar-refractivity contribution in [2.24, 2.45) is 39.9 Å². The molecule has 0 amide bonds. The zero-order valence-electron chi connectivity index (χ0n) is 31.2. The van der Waals surface area contributed by atoms with Crippen LogP contribution in [0.4, 0.5) is 0 Å². The van der Waals surface area contributed by atoms with Crippen LogP contribution in [-0.2, 0) is 23.7 Å². The Balaban J connectivity index is 1.16. The summed E-state index contributed by atoms with van der Waals surface area (Å²) in [6.45, 7) is 7.72. The molecule has 0 spiro atoms. The van der Waals surface area contributed by atoms with Gasteiger partial charge in [0.25, 0.3) is 0 Å². The van der Waals surface area contributed by atoms with Crippen molar-refractivity contribution in [1.82, 2.24) is 0 Å². The lowest BCUT2D eigenvalue weighted by Gasteiger charge is -2.66. The minimum Gasteiger partial charge on any atom is -0.394 e. The monoisotopic (exact) mass is 740 g/mol. The van der Waals surface area contributed by atoms with Crippen molar-refractivity contribution in [1.29, 1.82) is 0 Å². The molecule has 0 aromatic heterocycles. The maximum absolute atomic E-state index is 13.4. The van der Waals surface area contributed by atoms with E-state index in [1.165, 1.54) is 11.9 Å². The number of fused-ring (bicyclic) bond motifs is 5. The Bertz CT molecular complexity index is 1260. The van der Waals surface area contributed by atoms with E-state index in [1.807, 2.05) is 0 Å². The number of carbonyl (C=O) groups excluding carboxylic acids is 1. The number of ether oxygens (including phenoxy) is 4. The van der Waals surface area contributed by atoms with Gasteiger partial charge in [0.2, 0.25) is 0 Å². The summed E-state index contributed by atoms with van der Waals surface area (Å²) in [5.74, 6) is 0.934. The van der Waals surface area contributed by atoms with Gasteiger partial charge in [-0.05, 0) is 119 Å². The van der Waals surface area contributed by atoms with Crippen LogP contribution in [0.3, 0.4) is 0 Å². The minimum atomic E-state index is -1.75. The predicted molar refractivity (Wildman–Crippen MR) is 186 cm³/mol. The standard InChI is InChI=1S/C39H64O13/c1-20(2)6-5-7-25(43)23-12-14-37(3)24(23)8-9-28-38(37,4)13-10-21-16-22(11-15-39(21,28)19-42)49-36-34(32(47)30(45)27(18-41)51-36)52-35-33(48)31(46)29(44)26(17-40)50-35/h6,19,21-36,40-41,43-48H,5,7-18H2,1-4H3/t21?,22?,23?,24?,25?,26-,27-,28?,29-,30-,31+,32+,33-,34-,35+,36-,37?,38?,39?/m1/s1. The second kappa shape index (κ2) is 15.8. The number of rotatable bonds is 11. The van der Waals surface area contributed by atoms with Gasteiger partial charge in [0.15, 0.2) is 12.6 Å². The van der Waals surface area contributed by atoms with Crippen LogP contribution >= 0.6 is 0 Å². The average Bonchev–Trinajstić information content (AvgIpc) is 3.49. The van der Waals surface area contributed by atoms with Crippen LogP contribution in [-0.4, -0.2) is 134 Å². The van der Waals surface area contributed by atoms with E-state index >= 15 is 0 Å². The molecule has 0 bridgehead atoms. The number of aliphatic hydroxyl groups excluding tert-OH is 8. The molecule has 4 aliphatic carbocycles. The van der Waals surface area contributed by atoms with E-state index in [4.69, 9.17) is 18.9 Å². The zero-order valence-corrected chi connectivity index (χ0v) is 31.2. The maximum atomic E-state index is 13.4. The number of aldehydes is 1. The van der Waals surface area contributed by atoms with Crippen molar-refractivity contribution in [3.63, 3.8) is 0 Å². The Kier molecular flexibility index (Phi) is 12.3. The van der Waals surface area contributed by atoms with E-state index in [9.17, 15) is 45.6 Å². The molecule has 8 N–H and O–H groups in total. The molecule has 6 aliphatic rings. The summed E-state index contributed by atoms with van der Waals surface area (Å²) in [6, 6.07) is 0. The smallest absolute Gasteiger partial charge is 0.187 e. The van der Waals surface area contributed by atoms with Gasteiger partial charge in [0.1, 0.15) is 55.1 Å². The van der Waals surface area contributed by atoms with Crippen LogP contribution in [0.15, 0.2) is 11.6 Å². The molecule has 2 saturated heterocycles. The normalized spacial score (nSPS) is 51.1. The van der Waals surface area contributed by atoms with E-state index < -0.39 is 86.1 Å². The quantitative estimate of drug-likeness (QED) is 0.0854. The predicted octanol–water partition coefficient (Wildman–Crippen LogP) is 1.33. The highest BCUT2D eigenvalue weighted by atomic mass is 16.8. The largest absolute Gasteiger partial charge is 0.394 e. The highest BCUT2D eigenvalue weighted by molar-refractivity contribution is 5.62. The van der Waals surface area contributed by atoms with E-state index in [0.29, 0.717) is 25.2 Å². The van der Waals surface area contributed by atoms with Crippen LogP contribution in [0.1, 0.15) is 98.3 Å². The van der Waals surface area contributed by atoms with E-state index in [1.54, 1.807) is 0 Å². The molecule has 2 heterocycles. The summed E-state index contributed by atoms with van der Waals surface area (Å²) >= 11 is 0. The molecule has 9 unspecified atom stereocenters. The van der Waals surface area contributed by atoms with Gasteiger partial charge in [0.05, 0.1) is 25.4 Å². The fourth-order valence-corrected chi connectivity index (χ4v) is 12.0. The SMILES string of the molecule is CC(C)=CCCC(O)C1CCC2(C)C1CCC1C3(C=O)CCC(O[C@@H]4O[C@H](CO)[C@@H](O)[C@H](O)[C@H]4O[C@@H]4O[C@H](CO)[C@@H](O)[C@H](O)[C@H]4O)CC3CCC12C. The maximum Gasteiger partial charge on any atom is 0.187 e. The highest BCUT2D eigenvalue weighted by Crippen LogP contribution is 2.73. The number of aliphatic hydroxyl groups is 8. The van der Waals surface area contributed by atoms with Crippen molar-refractivity contribution in [3.8, 4) is 0 Å². The van der Waals surface area contributed by atoms with Gasteiger partial charge < -0.3 is 64.6 Å². The lowest BCUT2D eigenvalue weighted by atomic mass is 9.37. The Morgan fingerprint density at radius 2 is 1.44 bits per heavy atom. The minimum absolute atomic E-state index is 0.0214. The molecule has 0 aromatic rings. The van der Waals surface area contributed by atoms with Gasteiger partial charge in [-0.1, -0.05) is 25.5 Å². The van der Waals surface area contributed by atoms with Gasteiger partial charge in [-0.25, -0.2) is 0 Å². The van der Waals surface area contributed by atoms with Crippen LogP contribution < -0.4 is 0 Å². The number of hydrogen-bond acceptors (Lipinski definition) is 13. The molecule has 0 aromatic carbocycles. The lowest BCUT2D eigenvalue weighted by molar-refractivity contribution is -0.373. The Hall–Kier alpha value is -1.07. The lowest BCUT2D eigenvalue weighted by Crippen LogP contribution is -2.65. The molecule has 13 heteroatoms. The van der Waals surface area contributed by atoms with Crippen molar-refractivity contribution in [3.05, 3.63) is 11.6 Å². The fourth-order valence-electron chi connectivity index (χ4n) is 12.0. The van der Waals surface area contributed by atoms with Crippen LogP contribution in [0, 0.1) is 39.9 Å². The van der Waals surface area contributed by atoms with Crippen LogP contribution in [0.2, 0.25) is 0 Å². The first-order chi connectivity index (χ1) is 24.6. The number of carbonyl (C=O) groups is 1. The first kappa shape index (κ1) is 40.6. The third kappa shape index (κ3) is 6.87. The Labute approximate surface area is 307 Å². The van der Waals surface area contributed by atoms with Gasteiger partial charge >= 0.3 is 0 Å². The van der Waals surface area contributed by atoms with Gasteiger partial charge in [0, 0.05) is 5.41 Å². The fraction of sp³-hybridized carbons (Fsp3) is 0.923. The molecule has 4 saturated carbocycles. The van der Waals surface area contributed by atoms with Gasteiger partial charge in [-0.15, -0.1) is 0 Å². The Morgan fingerprint density at radius 1 is 0.788 bits per heavy atom. The summed E-state index contributed by atoms with van der Waals surface area (Å²) in [4.78, 5) is 13.4. The molecule has 298 valence electrons. The third-order valence-corrected chi connectivity index (χ3v) is 15.1. The van der Waals surface area contributed by atoms with E-state index in [0.717, 1.165) is 51.4 Å². The molecular formula is C39H64O13. The summed E-state index contributed by atoms with van der Waals surface area (Å²) in [7, 11) is 0. The van der Waals surface area contributed by atoms with Crippen LogP contribution in [0.5, 0.6) is 0 Å². The second-order valence-electron chi connectivity index (χ2n) is 17.7. The Morgan fingerprint density at radius 3 is 2.10 bits per heavy atom.